The van der Waals surface area contributed by atoms with Gasteiger partial charge in [0.2, 0.25) is 0 Å². The predicted molar refractivity (Wildman–Crippen MR) is 58.3 cm³/mol. The molecule has 0 saturated heterocycles. The molecule has 0 unspecified atom stereocenters. The van der Waals surface area contributed by atoms with E-state index in [1.165, 1.54) is 6.07 Å². The lowest BCUT2D eigenvalue weighted by atomic mass is 10.2. The van der Waals surface area contributed by atoms with Crippen molar-refractivity contribution in [1.29, 1.82) is 0 Å². The summed E-state index contributed by atoms with van der Waals surface area (Å²) < 4.78 is 15.1. The summed E-state index contributed by atoms with van der Waals surface area (Å²) in [6.45, 7) is 1.96. The van der Waals surface area contributed by atoms with Crippen LogP contribution in [0.4, 0.5) is 4.39 Å². The molecule has 0 radical (unpaired) electrons. The highest BCUT2D eigenvalue weighted by Crippen LogP contribution is 2.17. The number of nitrogens with zero attached hydrogens (tertiary/aromatic N) is 2. The number of halogens is 1. The second kappa shape index (κ2) is 4.26. The number of carbonyl (C=O) groups excluding carboxylic acids is 1. The van der Waals surface area contributed by atoms with Crippen molar-refractivity contribution >= 4 is 6.29 Å². The Kier molecular flexibility index (Phi) is 2.81. The number of imidazole rings is 1. The molecule has 0 fully saturated rings. The van der Waals surface area contributed by atoms with Crippen LogP contribution < -0.4 is 0 Å². The number of aryl methyl sites for hydroxylation is 1. The Bertz CT molecular complexity index is 519. The molecule has 0 atom stereocenters. The van der Waals surface area contributed by atoms with Crippen LogP contribution in [0.15, 0.2) is 30.6 Å². The van der Waals surface area contributed by atoms with Crippen molar-refractivity contribution in [2.75, 3.05) is 0 Å². The number of hydrogen-bond acceptors (Lipinski definition) is 2. The maximum absolute atomic E-state index is 13.4. The number of aromatic nitrogens is 2. The molecular formula is C12H11FN2O. The second-order valence-corrected chi connectivity index (χ2v) is 3.36. The third-order valence-electron chi connectivity index (χ3n) is 2.44. The summed E-state index contributed by atoms with van der Waals surface area (Å²) in [5.41, 5.74) is 0.597. The monoisotopic (exact) mass is 218 g/mol. The van der Waals surface area contributed by atoms with Crippen molar-refractivity contribution in [3.05, 3.63) is 47.8 Å². The molecule has 2 rings (SSSR count). The lowest BCUT2D eigenvalue weighted by Crippen LogP contribution is -2.04. The van der Waals surface area contributed by atoms with Gasteiger partial charge in [-0.05, 0) is 12.1 Å². The fourth-order valence-electron chi connectivity index (χ4n) is 1.67. The molecule has 2 aromatic rings. The zero-order valence-corrected chi connectivity index (χ0v) is 8.85. The minimum atomic E-state index is -0.511. The largest absolute Gasteiger partial charge is 0.303 e. The van der Waals surface area contributed by atoms with Crippen LogP contribution in [0.2, 0.25) is 0 Å². The van der Waals surface area contributed by atoms with Gasteiger partial charge < -0.3 is 4.57 Å². The molecule has 1 heterocycles. The van der Waals surface area contributed by atoms with Gasteiger partial charge in [-0.1, -0.05) is 13.0 Å². The molecule has 1 aromatic heterocycles. The zero-order valence-electron chi connectivity index (χ0n) is 8.85. The first-order chi connectivity index (χ1) is 7.77. The van der Waals surface area contributed by atoms with E-state index in [-0.39, 0.29) is 5.56 Å². The average molecular weight is 218 g/mol. The van der Waals surface area contributed by atoms with Gasteiger partial charge in [-0.15, -0.1) is 0 Å². The quantitative estimate of drug-likeness (QED) is 0.741. The highest BCUT2D eigenvalue weighted by Gasteiger charge is 2.11. The van der Waals surface area contributed by atoms with Crippen LogP contribution in [0.1, 0.15) is 23.1 Å². The lowest BCUT2D eigenvalue weighted by molar-refractivity contribution is 0.112. The molecule has 3 nitrogen and oxygen atoms in total. The molecule has 0 aliphatic carbocycles. The Morgan fingerprint density at radius 1 is 1.50 bits per heavy atom. The smallest absolute Gasteiger partial charge is 0.155 e. The zero-order chi connectivity index (χ0) is 11.5. The lowest BCUT2D eigenvalue weighted by Gasteiger charge is -2.09. The Morgan fingerprint density at radius 3 is 3.00 bits per heavy atom. The minimum absolute atomic E-state index is 0.0650. The maximum atomic E-state index is 13.4. The molecule has 0 spiro atoms. The topological polar surface area (TPSA) is 34.9 Å². The molecule has 82 valence electrons. The number of carbonyl (C=O) groups is 1. The molecule has 16 heavy (non-hydrogen) atoms. The Hall–Kier alpha value is -1.97. The number of aldehydes is 1. The minimum Gasteiger partial charge on any atom is -0.303 e. The van der Waals surface area contributed by atoms with Crippen LogP contribution in [0.5, 0.6) is 0 Å². The third-order valence-corrected chi connectivity index (χ3v) is 2.44. The Morgan fingerprint density at radius 2 is 2.31 bits per heavy atom. The van der Waals surface area contributed by atoms with Crippen molar-refractivity contribution < 1.29 is 9.18 Å². The Labute approximate surface area is 92.5 Å². The van der Waals surface area contributed by atoms with E-state index >= 15 is 0 Å². The van der Waals surface area contributed by atoms with Gasteiger partial charge in [0.05, 0.1) is 11.3 Å². The van der Waals surface area contributed by atoms with Gasteiger partial charge in [0.1, 0.15) is 11.6 Å². The van der Waals surface area contributed by atoms with Gasteiger partial charge in [0.25, 0.3) is 0 Å². The maximum Gasteiger partial charge on any atom is 0.155 e. The van der Waals surface area contributed by atoms with Gasteiger partial charge >= 0.3 is 0 Å². The summed E-state index contributed by atoms with van der Waals surface area (Å²) in [6, 6.07) is 4.56. The predicted octanol–water partition coefficient (Wildman–Crippen LogP) is 2.39. The third kappa shape index (κ3) is 1.62. The van der Waals surface area contributed by atoms with Crippen molar-refractivity contribution in [2.45, 2.75) is 13.3 Å². The van der Waals surface area contributed by atoms with Crippen LogP contribution in [-0.4, -0.2) is 15.8 Å². The summed E-state index contributed by atoms with van der Waals surface area (Å²) >= 11 is 0. The van der Waals surface area contributed by atoms with E-state index in [9.17, 15) is 9.18 Å². The van der Waals surface area contributed by atoms with Gasteiger partial charge in [-0.2, -0.15) is 0 Å². The average Bonchev–Trinajstić information content (AvgIpc) is 2.76. The first kappa shape index (κ1) is 10.5. The normalized spacial score (nSPS) is 10.4. The highest BCUT2D eigenvalue weighted by molar-refractivity contribution is 5.81. The van der Waals surface area contributed by atoms with Crippen molar-refractivity contribution in [1.82, 2.24) is 9.55 Å². The van der Waals surface area contributed by atoms with Gasteiger partial charge in [-0.25, -0.2) is 9.37 Å². The van der Waals surface area contributed by atoms with Crippen LogP contribution in [0.3, 0.4) is 0 Å². The van der Waals surface area contributed by atoms with E-state index in [4.69, 9.17) is 0 Å². The molecule has 0 aliphatic rings. The molecule has 0 aliphatic heterocycles. The molecule has 0 amide bonds. The second-order valence-electron chi connectivity index (χ2n) is 3.36. The van der Waals surface area contributed by atoms with E-state index in [2.05, 4.69) is 4.98 Å². The summed E-state index contributed by atoms with van der Waals surface area (Å²) in [7, 11) is 0. The summed E-state index contributed by atoms with van der Waals surface area (Å²) in [5, 5.41) is 0. The molecular weight excluding hydrogens is 207 g/mol. The summed E-state index contributed by atoms with van der Waals surface area (Å²) in [6.07, 6.45) is 4.62. The number of hydrogen-bond donors (Lipinski definition) is 0. The molecule has 1 aromatic carbocycles. The van der Waals surface area contributed by atoms with Gasteiger partial charge in [0, 0.05) is 18.8 Å². The van der Waals surface area contributed by atoms with E-state index < -0.39 is 5.82 Å². The van der Waals surface area contributed by atoms with Crippen LogP contribution in [0, 0.1) is 5.82 Å². The van der Waals surface area contributed by atoms with E-state index in [1.54, 1.807) is 29.1 Å². The summed E-state index contributed by atoms with van der Waals surface area (Å²) in [4.78, 5) is 15.0. The molecule has 0 bridgehead atoms. The van der Waals surface area contributed by atoms with E-state index in [0.29, 0.717) is 12.0 Å². The number of rotatable bonds is 3. The van der Waals surface area contributed by atoms with Crippen LogP contribution in [-0.2, 0) is 6.42 Å². The Balaban J connectivity index is 2.64. The molecule has 0 N–H and O–H groups in total. The van der Waals surface area contributed by atoms with E-state index in [0.717, 1.165) is 12.2 Å². The first-order valence-electron chi connectivity index (χ1n) is 5.04. The molecule has 4 heteroatoms. The fraction of sp³-hybridized carbons (Fsp3) is 0.167. The van der Waals surface area contributed by atoms with Crippen LogP contribution >= 0.6 is 0 Å². The number of benzene rings is 1. The fourth-order valence-corrected chi connectivity index (χ4v) is 1.67. The van der Waals surface area contributed by atoms with Crippen molar-refractivity contribution in [2.24, 2.45) is 0 Å². The van der Waals surface area contributed by atoms with Crippen molar-refractivity contribution in [3.63, 3.8) is 0 Å². The van der Waals surface area contributed by atoms with Gasteiger partial charge in [0.15, 0.2) is 6.29 Å². The van der Waals surface area contributed by atoms with Crippen molar-refractivity contribution in [3.8, 4) is 5.69 Å². The standard InChI is InChI=1S/C12H11FN2O/c1-2-12-14-6-7-15(12)11-5-3-4-10(13)9(11)8-16/h3-8H,2H2,1H3. The molecule has 0 saturated carbocycles. The van der Waals surface area contributed by atoms with E-state index in [1.807, 2.05) is 6.92 Å². The SMILES string of the molecule is CCc1nccn1-c1cccc(F)c1C=O. The van der Waals surface area contributed by atoms with Gasteiger partial charge in [-0.3, -0.25) is 4.79 Å². The first-order valence-corrected chi connectivity index (χ1v) is 5.04. The van der Waals surface area contributed by atoms with Crippen LogP contribution in [0.25, 0.3) is 5.69 Å². The highest BCUT2D eigenvalue weighted by atomic mass is 19.1. The summed E-state index contributed by atoms with van der Waals surface area (Å²) in [5.74, 6) is 0.289.